The summed E-state index contributed by atoms with van der Waals surface area (Å²) in [5, 5.41) is 4.16. The SMILES string of the molecule is CCNC(=NCc1ccc(Cl)cc1)N1CCC(OCCCOC)CC1. The first kappa shape index (κ1) is 20.0. The third-order valence-electron chi connectivity index (χ3n) is 4.25. The fourth-order valence-electron chi connectivity index (χ4n) is 2.87. The van der Waals surface area contributed by atoms with E-state index in [0.717, 1.165) is 68.7 Å². The first-order valence-electron chi connectivity index (χ1n) is 9.11. The van der Waals surface area contributed by atoms with Gasteiger partial charge in [0.25, 0.3) is 0 Å². The summed E-state index contributed by atoms with van der Waals surface area (Å²) in [7, 11) is 1.73. The zero-order valence-corrected chi connectivity index (χ0v) is 16.1. The number of hydrogen-bond acceptors (Lipinski definition) is 3. The molecule has 1 aromatic rings. The van der Waals surface area contributed by atoms with Gasteiger partial charge in [0.2, 0.25) is 0 Å². The number of aliphatic imine (C=N–C) groups is 1. The lowest BCUT2D eigenvalue weighted by Crippen LogP contribution is -2.47. The molecule has 0 aromatic heterocycles. The van der Waals surface area contributed by atoms with Crippen LogP contribution in [0, 0.1) is 0 Å². The molecule has 140 valence electrons. The van der Waals surface area contributed by atoms with Crippen molar-refractivity contribution in [3.63, 3.8) is 0 Å². The van der Waals surface area contributed by atoms with Gasteiger partial charge < -0.3 is 19.7 Å². The number of piperidine rings is 1. The van der Waals surface area contributed by atoms with Crippen molar-refractivity contribution in [2.45, 2.75) is 38.8 Å². The average molecular weight is 368 g/mol. The molecule has 2 rings (SSSR count). The van der Waals surface area contributed by atoms with Crippen molar-refractivity contribution in [1.82, 2.24) is 10.2 Å². The van der Waals surface area contributed by atoms with Gasteiger partial charge in [-0.05, 0) is 43.9 Å². The minimum Gasteiger partial charge on any atom is -0.385 e. The highest BCUT2D eigenvalue weighted by molar-refractivity contribution is 6.30. The molecule has 25 heavy (non-hydrogen) atoms. The Balaban J connectivity index is 1.82. The summed E-state index contributed by atoms with van der Waals surface area (Å²) in [4.78, 5) is 7.11. The molecule has 1 aliphatic rings. The molecule has 1 N–H and O–H groups in total. The van der Waals surface area contributed by atoms with Crippen LogP contribution >= 0.6 is 11.6 Å². The van der Waals surface area contributed by atoms with Crippen LogP contribution in [0.15, 0.2) is 29.3 Å². The summed E-state index contributed by atoms with van der Waals surface area (Å²) in [6.45, 7) is 7.12. The molecule has 1 heterocycles. The van der Waals surface area contributed by atoms with Crippen molar-refractivity contribution < 1.29 is 9.47 Å². The Kier molecular flexibility index (Phi) is 9.08. The quantitative estimate of drug-likeness (QED) is 0.435. The van der Waals surface area contributed by atoms with Gasteiger partial charge in [-0.25, -0.2) is 4.99 Å². The monoisotopic (exact) mass is 367 g/mol. The molecule has 1 aliphatic heterocycles. The molecule has 0 bridgehead atoms. The van der Waals surface area contributed by atoms with E-state index in [1.165, 1.54) is 0 Å². The second kappa shape index (κ2) is 11.3. The van der Waals surface area contributed by atoms with Gasteiger partial charge in [-0.3, -0.25) is 0 Å². The lowest BCUT2D eigenvalue weighted by atomic mass is 10.1. The Hall–Kier alpha value is -1.30. The van der Waals surface area contributed by atoms with Crippen LogP contribution in [0.25, 0.3) is 0 Å². The van der Waals surface area contributed by atoms with E-state index in [2.05, 4.69) is 17.1 Å². The maximum atomic E-state index is 5.94. The van der Waals surface area contributed by atoms with E-state index in [1.54, 1.807) is 7.11 Å². The summed E-state index contributed by atoms with van der Waals surface area (Å²) >= 11 is 5.94. The zero-order chi connectivity index (χ0) is 17.9. The van der Waals surface area contributed by atoms with E-state index >= 15 is 0 Å². The van der Waals surface area contributed by atoms with E-state index in [1.807, 2.05) is 24.3 Å². The summed E-state index contributed by atoms with van der Waals surface area (Å²) in [6.07, 6.45) is 3.39. The lowest BCUT2D eigenvalue weighted by molar-refractivity contribution is 0.00990. The number of methoxy groups -OCH3 is 1. The number of nitrogens with zero attached hydrogens (tertiary/aromatic N) is 2. The molecule has 0 aliphatic carbocycles. The number of guanidine groups is 1. The number of ether oxygens (including phenoxy) is 2. The molecule has 5 nitrogen and oxygen atoms in total. The van der Waals surface area contributed by atoms with Gasteiger partial charge in [0.1, 0.15) is 0 Å². The van der Waals surface area contributed by atoms with Crippen LogP contribution < -0.4 is 5.32 Å². The smallest absolute Gasteiger partial charge is 0.194 e. The fourth-order valence-corrected chi connectivity index (χ4v) is 3.00. The van der Waals surface area contributed by atoms with Crippen molar-refractivity contribution in [3.05, 3.63) is 34.9 Å². The van der Waals surface area contributed by atoms with Crippen molar-refractivity contribution in [2.75, 3.05) is 40.0 Å². The second-order valence-electron chi connectivity index (χ2n) is 6.20. The first-order valence-corrected chi connectivity index (χ1v) is 9.49. The average Bonchev–Trinajstić information content (AvgIpc) is 2.64. The van der Waals surface area contributed by atoms with Gasteiger partial charge in [0.15, 0.2) is 5.96 Å². The molecule has 0 amide bonds. The van der Waals surface area contributed by atoms with E-state index in [0.29, 0.717) is 12.6 Å². The molecule has 1 aromatic carbocycles. The number of nitrogens with one attached hydrogen (secondary N) is 1. The Morgan fingerprint density at radius 1 is 1.24 bits per heavy atom. The van der Waals surface area contributed by atoms with Crippen LogP contribution in [-0.4, -0.2) is 56.9 Å². The van der Waals surface area contributed by atoms with Crippen LogP contribution in [0.2, 0.25) is 5.02 Å². The van der Waals surface area contributed by atoms with E-state index in [-0.39, 0.29) is 0 Å². The van der Waals surface area contributed by atoms with Crippen LogP contribution in [-0.2, 0) is 16.0 Å². The third kappa shape index (κ3) is 7.22. The summed E-state index contributed by atoms with van der Waals surface area (Å²) in [5.41, 5.74) is 1.16. The van der Waals surface area contributed by atoms with E-state index in [9.17, 15) is 0 Å². The number of benzene rings is 1. The number of hydrogen-bond donors (Lipinski definition) is 1. The molecular formula is C19H30ClN3O2. The van der Waals surface area contributed by atoms with Gasteiger partial charge in [-0.1, -0.05) is 23.7 Å². The van der Waals surface area contributed by atoms with Gasteiger partial charge >= 0.3 is 0 Å². The second-order valence-corrected chi connectivity index (χ2v) is 6.64. The molecular weight excluding hydrogens is 338 g/mol. The Morgan fingerprint density at radius 3 is 2.60 bits per heavy atom. The van der Waals surface area contributed by atoms with Crippen molar-refractivity contribution in [2.24, 2.45) is 4.99 Å². The molecule has 1 saturated heterocycles. The van der Waals surface area contributed by atoms with Crippen LogP contribution in [0.5, 0.6) is 0 Å². The molecule has 0 radical (unpaired) electrons. The molecule has 0 saturated carbocycles. The van der Waals surface area contributed by atoms with Crippen molar-refractivity contribution in [1.29, 1.82) is 0 Å². The van der Waals surface area contributed by atoms with Crippen LogP contribution in [0.4, 0.5) is 0 Å². The number of rotatable bonds is 8. The first-order chi connectivity index (χ1) is 12.2. The minimum atomic E-state index is 0.354. The maximum Gasteiger partial charge on any atom is 0.194 e. The standard InChI is InChI=1S/C19H30ClN3O2/c1-3-21-19(22-15-16-5-7-17(20)8-6-16)23-11-9-18(10-12-23)25-14-4-13-24-2/h5-8,18H,3-4,9-15H2,1-2H3,(H,21,22). The topological polar surface area (TPSA) is 46.1 Å². The zero-order valence-electron chi connectivity index (χ0n) is 15.3. The molecule has 0 atom stereocenters. The van der Waals surface area contributed by atoms with E-state index in [4.69, 9.17) is 26.1 Å². The summed E-state index contributed by atoms with van der Waals surface area (Å²) < 4.78 is 11.0. The predicted octanol–water partition coefficient (Wildman–Crippen LogP) is 3.32. The predicted molar refractivity (Wildman–Crippen MR) is 103 cm³/mol. The Labute approximate surface area is 156 Å². The molecule has 6 heteroatoms. The minimum absolute atomic E-state index is 0.354. The van der Waals surface area contributed by atoms with Crippen molar-refractivity contribution >= 4 is 17.6 Å². The highest BCUT2D eigenvalue weighted by Crippen LogP contribution is 2.15. The van der Waals surface area contributed by atoms with Gasteiger partial charge in [0, 0.05) is 45.0 Å². The fraction of sp³-hybridized carbons (Fsp3) is 0.632. The Morgan fingerprint density at radius 2 is 1.96 bits per heavy atom. The molecule has 0 spiro atoms. The number of likely N-dealkylation sites (tertiary alicyclic amines) is 1. The van der Waals surface area contributed by atoms with Crippen molar-refractivity contribution in [3.8, 4) is 0 Å². The molecule has 0 unspecified atom stereocenters. The van der Waals surface area contributed by atoms with E-state index < -0.39 is 0 Å². The van der Waals surface area contributed by atoms with Crippen LogP contribution in [0.1, 0.15) is 31.7 Å². The largest absolute Gasteiger partial charge is 0.385 e. The third-order valence-corrected chi connectivity index (χ3v) is 4.50. The Bertz CT molecular complexity index is 514. The lowest BCUT2D eigenvalue weighted by Gasteiger charge is -2.34. The number of halogens is 1. The normalized spacial score (nSPS) is 16.3. The molecule has 1 fully saturated rings. The van der Waals surface area contributed by atoms with Gasteiger partial charge in [-0.15, -0.1) is 0 Å². The highest BCUT2D eigenvalue weighted by atomic mass is 35.5. The maximum absolute atomic E-state index is 5.94. The summed E-state index contributed by atoms with van der Waals surface area (Å²) in [6, 6.07) is 7.86. The van der Waals surface area contributed by atoms with Gasteiger partial charge in [0.05, 0.1) is 12.6 Å². The summed E-state index contributed by atoms with van der Waals surface area (Å²) in [5.74, 6) is 0.982. The van der Waals surface area contributed by atoms with Crippen LogP contribution in [0.3, 0.4) is 0 Å². The van der Waals surface area contributed by atoms with Gasteiger partial charge in [-0.2, -0.15) is 0 Å². The highest BCUT2D eigenvalue weighted by Gasteiger charge is 2.21.